The van der Waals surface area contributed by atoms with E-state index in [1.807, 2.05) is 6.07 Å². The van der Waals surface area contributed by atoms with Crippen LogP contribution in [0.1, 0.15) is 33.6 Å². The van der Waals surface area contributed by atoms with Crippen molar-refractivity contribution in [1.82, 2.24) is 10.2 Å². The number of ether oxygens (including phenoxy) is 1. The summed E-state index contributed by atoms with van der Waals surface area (Å²) in [4.78, 5) is 26.8. The fourth-order valence-corrected chi connectivity index (χ4v) is 3.65. The van der Waals surface area contributed by atoms with E-state index < -0.39 is 11.4 Å². The van der Waals surface area contributed by atoms with E-state index in [4.69, 9.17) is 4.74 Å². The van der Waals surface area contributed by atoms with Crippen LogP contribution >= 0.6 is 0 Å². The predicted molar refractivity (Wildman–Crippen MR) is 93.7 cm³/mol. The van der Waals surface area contributed by atoms with Crippen LogP contribution in [0.3, 0.4) is 0 Å². The van der Waals surface area contributed by atoms with Crippen molar-refractivity contribution in [3.63, 3.8) is 0 Å². The molecule has 6 heteroatoms. The lowest BCUT2D eigenvalue weighted by Crippen LogP contribution is -2.57. The minimum atomic E-state index is -0.677. The van der Waals surface area contributed by atoms with Gasteiger partial charge in [-0.1, -0.05) is 18.2 Å². The van der Waals surface area contributed by atoms with Crippen molar-refractivity contribution in [2.24, 2.45) is 0 Å². The molecule has 0 aromatic heterocycles. The molecule has 5 nitrogen and oxygen atoms in total. The Balaban J connectivity index is 1.60. The van der Waals surface area contributed by atoms with E-state index in [1.165, 1.54) is 18.2 Å². The van der Waals surface area contributed by atoms with Gasteiger partial charge in [-0.15, -0.1) is 0 Å². The first-order chi connectivity index (χ1) is 12.6. The maximum Gasteiger partial charge on any atom is 0.255 e. The van der Waals surface area contributed by atoms with E-state index in [0.29, 0.717) is 36.5 Å². The zero-order valence-corrected chi connectivity index (χ0v) is 14.2. The van der Waals surface area contributed by atoms with E-state index in [0.717, 1.165) is 12.8 Å². The molecule has 0 aliphatic carbocycles. The normalized spacial score (nSPS) is 22.2. The number of para-hydroxylation sites is 1. The minimum Gasteiger partial charge on any atom is -0.483 e. The molecule has 2 aromatic carbocycles. The lowest BCUT2D eigenvalue weighted by molar-refractivity contribution is -0.000873. The van der Waals surface area contributed by atoms with Crippen LogP contribution in [-0.2, 0) is 0 Å². The zero-order valence-electron chi connectivity index (χ0n) is 14.2. The Morgan fingerprint density at radius 2 is 2.04 bits per heavy atom. The second-order valence-electron chi connectivity index (χ2n) is 6.80. The van der Waals surface area contributed by atoms with Crippen LogP contribution in [0.25, 0.3) is 0 Å². The summed E-state index contributed by atoms with van der Waals surface area (Å²) < 4.78 is 19.7. The Morgan fingerprint density at radius 1 is 1.19 bits per heavy atom. The Bertz CT molecular complexity index is 870. The SMILES string of the molecule is O=C1NC[C@]2(CCCN(C(=O)c3cccc(F)c3)C2)Oc2ccccc21. The highest BCUT2D eigenvalue weighted by Gasteiger charge is 2.42. The third-order valence-corrected chi connectivity index (χ3v) is 4.93. The van der Waals surface area contributed by atoms with E-state index >= 15 is 0 Å². The summed E-state index contributed by atoms with van der Waals surface area (Å²) in [6, 6.07) is 12.8. The number of piperidine rings is 1. The molecule has 0 bridgehead atoms. The van der Waals surface area contributed by atoms with Crippen molar-refractivity contribution in [1.29, 1.82) is 0 Å². The second-order valence-corrected chi connectivity index (χ2v) is 6.80. The fraction of sp³-hybridized carbons (Fsp3) is 0.300. The second kappa shape index (κ2) is 6.44. The average Bonchev–Trinajstić information content (AvgIpc) is 2.78. The molecule has 0 unspecified atom stereocenters. The minimum absolute atomic E-state index is 0.175. The molecule has 26 heavy (non-hydrogen) atoms. The zero-order chi connectivity index (χ0) is 18.1. The van der Waals surface area contributed by atoms with Crippen LogP contribution in [0.5, 0.6) is 5.75 Å². The Labute approximate surface area is 150 Å². The van der Waals surface area contributed by atoms with Crippen molar-refractivity contribution in [2.75, 3.05) is 19.6 Å². The summed E-state index contributed by atoms with van der Waals surface area (Å²) in [5.74, 6) is -0.306. The van der Waals surface area contributed by atoms with Gasteiger partial charge in [0.05, 0.1) is 18.7 Å². The first kappa shape index (κ1) is 16.6. The number of carbonyl (C=O) groups excluding carboxylic acids is 2. The number of halogens is 1. The fourth-order valence-electron chi connectivity index (χ4n) is 3.65. The Morgan fingerprint density at radius 3 is 2.88 bits per heavy atom. The summed E-state index contributed by atoms with van der Waals surface area (Å²) in [7, 11) is 0. The van der Waals surface area contributed by atoms with Gasteiger partial charge >= 0.3 is 0 Å². The number of rotatable bonds is 1. The van der Waals surface area contributed by atoms with Gasteiger partial charge in [-0.2, -0.15) is 0 Å². The number of hydrogen-bond donors (Lipinski definition) is 1. The molecular weight excluding hydrogens is 335 g/mol. The van der Waals surface area contributed by atoms with Crippen LogP contribution in [-0.4, -0.2) is 41.9 Å². The third-order valence-electron chi connectivity index (χ3n) is 4.93. The summed E-state index contributed by atoms with van der Waals surface area (Å²) in [5, 5.41) is 2.91. The van der Waals surface area contributed by atoms with Crippen molar-refractivity contribution < 1.29 is 18.7 Å². The maximum absolute atomic E-state index is 13.5. The van der Waals surface area contributed by atoms with Crippen molar-refractivity contribution in [3.05, 3.63) is 65.5 Å². The topological polar surface area (TPSA) is 58.6 Å². The molecule has 1 spiro atoms. The number of nitrogens with zero attached hydrogens (tertiary/aromatic N) is 1. The monoisotopic (exact) mass is 354 g/mol. The van der Waals surface area contributed by atoms with E-state index in [1.54, 1.807) is 29.2 Å². The lowest BCUT2D eigenvalue weighted by atomic mass is 9.91. The van der Waals surface area contributed by atoms with Gasteiger partial charge in [0, 0.05) is 12.1 Å². The molecule has 2 aliphatic heterocycles. The molecule has 0 radical (unpaired) electrons. The molecule has 2 aliphatic rings. The molecule has 1 saturated heterocycles. The molecule has 1 N–H and O–H groups in total. The van der Waals surface area contributed by atoms with Gasteiger partial charge in [-0.05, 0) is 43.2 Å². The van der Waals surface area contributed by atoms with Crippen LogP contribution in [0.2, 0.25) is 0 Å². The van der Waals surface area contributed by atoms with Gasteiger partial charge in [0.2, 0.25) is 0 Å². The highest BCUT2D eigenvalue weighted by Crippen LogP contribution is 2.32. The van der Waals surface area contributed by atoms with Gasteiger partial charge < -0.3 is 15.0 Å². The molecule has 134 valence electrons. The van der Waals surface area contributed by atoms with E-state index in [9.17, 15) is 14.0 Å². The molecule has 1 atom stereocenters. The van der Waals surface area contributed by atoms with Crippen molar-refractivity contribution >= 4 is 11.8 Å². The number of benzene rings is 2. The number of hydrogen-bond acceptors (Lipinski definition) is 3. The molecule has 2 heterocycles. The molecule has 0 saturated carbocycles. The highest BCUT2D eigenvalue weighted by molar-refractivity contribution is 5.97. The molecule has 2 amide bonds. The molecule has 2 aromatic rings. The maximum atomic E-state index is 13.5. The predicted octanol–water partition coefficient (Wildman–Crippen LogP) is 2.62. The lowest BCUT2D eigenvalue weighted by Gasteiger charge is -2.42. The number of fused-ring (bicyclic) bond motifs is 1. The number of nitrogens with one attached hydrogen (secondary N) is 1. The Kier molecular flexibility index (Phi) is 4.11. The molecule has 1 fully saturated rings. The van der Waals surface area contributed by atoms with Crippen molar-refractivity contribution in [3.8, 4) is 5.75 Å². The Hall–Kier alpha value is -2.89. The standard InChI is InChI=1S/C20H19FN2O3/c21-15-6-3-5-14(11-15)19(25)23-10-4-9-20(13-23)12-22-18(24)16-7-1-2-8-17(16)26-20/h1-3,5-8,11H,4,9-10,12-13H2,(H,22,24)/t20-/m0/s1. The van der Waals surface area contributed by atoms with Crippen LogP contribution < -0.4 is 10.1 Å². The van der Waals surface area contributed by atoms with Crippen LogP contribution in [0.4, 0.5) is 4.39 Å². The largest absolute Gasteiger partial charge is 0.483 e. The van der Waals surface area contributed by atoms with Gasteiger partial charge in [0.1, 0.15) is 17.2 Å². The van der Waals surface area contributed by atoms with E-state index in [-0.39, 0.29) is 11.8 Å². The average molecular weight is 354 g/mol. The summed E-state index contributed by atoms with van der Waals surface area (Å²) >= 11 is 0. The third kappa shape index (κ3) is 3.03. The van der Waals surface area contributed by atoms with Gasteiger partial charge in [0.25, 0.3) is 11.8 Å². The first-order valence-electron chi connectivity index (χ1n) is 8.67. The molecular formula is C20H19FN2O3. The smallest absolute Gasteiger partial charge is 0.255 e. The molecule has 4 rings (SSSR count). The number of amides is 2. The van der Waals surface area contributed by atoms with Crippen LogP contribution in [0, 0.1) is 5.82 Å². The van der Waals surface area contributed by atoms with Gasteiger partial charge in [-0.3, -0.25) is 9.59 Å². The first-order valence-corrected chi connectivity index (χ1v) is 8.67. The highest BCUT2D eigenvalue weighted by atomic mass is 19.1. The van der Waals surface area contributed by atoms with Gasteiger partial charge in [-0.25, -0.2) is 4.39 Å². The van der Waals surface area contributed by atoms with Gasteiger partial charge in [0.15, 0.2) is 0 Å². The summed E-state index contributed by atoms with van der Waals surface area (Å²) in [6.07, 6.45) is 1.48. The summed E-state index contributed by atoms with van der Waals surface area (Å²) in [5.41, 5.74) is 0.141. The number of carbonyl (C=O) groups is 2. The van der Waals surface area contributed by atoms with Crippen LogP contribution in [0.15, 0.2) is 48.5 Å². The number of likely N-dealkylation sites (tertiary alicyclic amines) is 1. The quantitative estimate of drug-likeness (QED) is 0.856. The van der Waals surface area contributed by atoms with Crippen molar-refractivity contribution in [2.45, 2.75) is 18.4 Å². The summed E-state index contributed by atoms with van der Waals surface area (Å²) in [6.45, 7) is 1.25. The van der Waals surface area contributed by atoms with E-state index in [2.05, 4.69) is 5.32 Å².